The fraction of sp³-hybridized carbons (Fsp3) is 0.455. The largest absolute Gasteiger partial charge is 0.326 e. The molecule has 1 aromatic carbocycles. The third kappa shape index (κ3) is 1.65. The molecule has 0 aromatic heterocycles. The molecule has 1 saturated heterocycles. The van der Waals surface area contributed by atoms with Gasteiger partial charge < -0.3 is 5.73 Å². The number of nitrogens with zero attached hydrogens (tertiary/aromatic N) is 1. The van der Waals surface area contributed by atoms with Crippen molar-refractivity contribution >= 4 is 0 Å². The molecule has 0 aliphatic carbocycles. The van der Waals surface area contributed by atoms with Gasteiger partial charge >= 0.3 is 0 Å². The number of rotatable bonds is 1. The Morgan fingerprint density at radius 3 is 2.86 bits per heavy atom. The van der Waals surface area contributed by atoms with Gasteiger partial charge in [-0.2, -0.15) is 0 Å². The van der Waals surface area contributed by atoms with E-state index in [1.165, 1.54) is 6.07 Å². The maximum Gasteiger partial charge on any atom is 0.123 e. The van der Waals surface area contributed by atoms with Crippen LogP contribution >= 0.6 is 0 Å². The fourth-order valence-electron chi connectivity index (χ4n) is 2.17. The van der Waals surface area contributed by atoms with Crippen LogP contribution < -0.4 is 5.73 Å². The second-order valence-electron chi connectivity index (χ2n) is 3.93. The lowest BCUT2D eigenvalue weighted by molar-refractivity contribution is 0.303. The molecule has 2 N–H and O–H groups in total. The highest BCUT2D eigenvalue weighted by atomic mass is 19.1. The van der Waals surface area contributed by atoms with Crippen molar-refractivity contribution in [1.82, 2.24) is 4.90 Å². The van der Waals surface area contributed by atoms with Crippen LogP contribution in [-0.2, 0) is 0 Å². The van der Waals surface area contributed by atoms with Crippen molar-refractivity contribution in [2.24, 2.45) is 5.73 Å². The van der Waals surface area contributed by atoms with Gasteiger partial charge in [0.1, 0.15) is 5.82 Å². The topological polar surface area (TPSA) is 29.3 Å². The van der Waals surface area contributed by atoms with E-state index in [1.807, 2.05) is 13.1 Å². The van der Waals surface area contributed by atoms with Crippen LogP contribution in [0.5, 0.6) is 0 Å². The number of likely N-dealkylation sites (tertiary alicyclic amines) is 1. The van der Waals surface area contributed by atoms with E-state index in [1.54, 1.807) is 12.1 Å². The molecule has 0 saturated carbocycles. The molecule has 0 bridgehead atoms. The zero-order chi connectivity index (χ0) is 10.1. The minimum absolute atomic E-state index is 0.127. The smallest absolute Gasteiger partial charge is 0.123 e. The van der Waals surface area contributed by atoms with Crippen LogP contribution in [0.25, 0.3) is 0 Å². The van der Waals surface area contributed by atoms with Gasteiger partial charge in [0.25, 0.3) is 0 Å². The quantitative estimate of drug-likeness (QED) is 0.734. The predicted octanol–water partition coefficient (Wildman–Crippen LogP) is 1.53. The maximum atomic E-state index is 13.0. The molecule has 1 heterocycles. The van der Waals surface area contributed by atoms with E-state index < -0.39 is 0 Å². The molecule has 1 aliphatic heterocycles. The Morgan fingerprint density at radius 1 is 1.50 bits per heavy atom. The van der Waals surface area contributed by atoms with Crippen LogP contribution in [0.3, 0.4) is 0 Å². The molecule has 2 rings (SSSR count). The van der Waals surface area contributed by atoms with Crippen LogP contribution in [-0.4, -0.2) is 24.5 Å². The van der Waals surface area contributed by atoms with E-state index in [9.17, 15) is 4.39 Å². The Kier molecular flexibility index (Phi) is 2.52. The average Bonchev–Trinajstić information content (AvgIpc) is 2.46. The molecule has 0 radical (unpaired) electrons. The molecule has 1 aromatic rings. The molecule has 1 aliphatic rings. The number of halogens is 1. The summed E-state index contributed by atoms with van der Waals surface area (Å²) in [5.74, 6) is -0.185. The second kappa shape index (κ2) is 3.67. The summed E-state index contributed by atoms with van der Waals surface area (Å²) in [5, 5.41) is 0. The van der Waals surface area contributed by atoms with Crippen molar-refractivity contribution in [3.63, 3.8) is 0 Å². The Morgan fingerprint density at radius 2 is 2.29 bits per heavy atom. The van der Waals surface area contributed by atoms with Crippen molar-refractivity contribution in [3.8, 4) is 0 Å². The van der Waals surface area contributed by atoms with Crippen molar-refractivity contribution in [1.29, 1.82) is 0 Å². The van der Waals surface area contributed by atoms with Crippen LogP contribution in [0, 0.1) is 5.82 Å². The summed E-state index contributed by atoms with van der Waals surface area (Å²) in [7, 11) is 2.03. The molecule has 0 spiro atoms. The zero-order valence-electron chi connectivity index (χ0n) is 8.28. The monoisotopic (exact) mass is 194 g/mol. The maximum absolute atomic E-state index is 13.0. The highest BCUT2D eigenvalue weighted by Crippen LogP contribution is 2.29. The van der Waals surface area contributed by atoms with Crippen molar-refractivity contribution in [3.05, 3.63) is 35.6 Å². The molecule has 2 atom stereocenters. The molecule has 76 valence electrons. The normalized spacial score (nSPS) is 28.2. The van der Waals surface area contributed by atoms with Crippen LogP contribution in [0.2, 0.25) is 0 Å². The van der Waals surface area contributed by atoms with Crippen LogP contribution in [0.4, 0.5) is 4.39 Å². The first-order valence-corrected chi connectivity index (χ1v) is 4.90. The molecule has 2 nitrogen and oxygen atoms in total. The highest BCUT2D eigenvalue weighted by molar-refractivity contribution is 5.22. The van der Waals surface area contributed by atoms with Gasteiger partial charge in [-0.1, -0.05) is 12.1 Å². The van der Waals surface area contributed by atoms with Crippen LogP contribution in [0.15, 0.2) is 24.3 Å². The zero-order valence-corrected chi connectivity index (χ0v) is 8.28. The Balaban J connectivity index is 2.29. The van der Waals surface area contributed by atoms with E-state index in [2.05, 4.69) is 4.90 Å². The van der Waals surface area contributed by atoms with E-state index in [-0.39, 0.29) is 17.9 Å². The number of hydrogen-bond acceptors (Lipinski definition) is 2. The summed E-state index contributed by atoms with van der Waals surface area (Å²) in [6, 6.07) is 7.02. The first-order chi connectivity index (χ1) is 6.68. The predicted molar refractivity (Wildman–Crippen MR) is 54.4 cm³/mol. The fourth-order valence-corrected chi connectivity index (χ4v) is 2.17. The van der Waals surface area contributed by atoms with E-state index in [4.69, 9.17) is 5.73 Å². The van der Waals surface area contributed by atoms with Crippen molar-refractivity contribution < 1.29 is 4.39 Å². The summed E-state index contributed by atoms with van der Waals surface area (Å²) in [4.78, 5) is 2.18. The Hall–Kier alpha value is -0.930. The highest BCUT2D eigenvalue weighted by Gasteiger charge is 2.30. The molecule has 14 heavy (non-hydrogen) atoms. The van der Waals surface area contributed by atoms with Gasteiger partial charge in [0, 0.05) is 18.6 Å². The Bertz CT molecular complexity index is 317. The third-order valence-corrected chi connectivity index (χ3v) is 2.89. The Labute approximate surface area is 83.5 Å². The number of hydrogen-bond donors (Lipinski definition) is 1. The molecule has 3 heteroatoms. The summed E-state index contributed by atoms with van der Waals surface area (Å²) in [6.45, 7) is 0.988. The number of benzene rings is 1. The lowest BCUT2D eigenvalue weighted by Gasteiger charge is -2.23. The lowest BCUT2D eigenvalue weighted by atomic mass is 10.0. The van der Waals surface area contributed by atoms with E-state index in [0.29, 0.717) is 0 Å². The van der Waals surface area contributed by atoms with Gasteiger partial charge in [-0.25, -0.2) is 4.39 Å². The molecule has 2 unspecified atom stereocenters. The van der Waals surface area contributed by atoms with E-state index >= 15 is 0 Å². The third-order valence-electron chi connectivity index (χ3n) is 2.89. The average molecular weight is 194 g/mol. The number of likely N-dealkylation sites (N-methyl/N-ethyl adjacent to an activating group) is 1. The standard InChI is InChI=1S/C11H15FN2/c1-14-6-5-10(13)11(14)8-3-2-4-9(12)7-8/h2-4,7,10-11H,5-6,13H2,1H3. The molecule has 1 fully saturated rings. The lowest BCUT2D eigenvalue weighted by Crippen LogP contribution is -2.29. The van der Waals surface area contributed by atoms with Gasteiger partial charge in [-0.15, -0.1) is 0 Å². The van der Waals surface area contributed by atoms with Crippen molar-refractivity contribution in [2.75, 3.05) is 13.6 Å². The van der Waals surface area contributed by atoms with E-state index in [0.717, 1.165) is 18.5 Å². The SMILES string of the molecule is CN1CCC(N)C1c1cccc(F)c1. The van der Waals surface area contributed by atoms with Crippen molar-refractivity contribution in [2.45, 2.75) is 18.5 Å². The molecule has 0 amide bonds. The summed E-state index contributed by atoms with van der Waals surface area (Å²) in [6.07, 6.45) is 0.984. The second-order valence-corrected chi connectivity index (χ2v) is 3.93. The first kappa shape index (κ1) is 9.62. The minimum Gasteiger partial charge on any atom is -0.326 e. The van der Waals surface area contributed by atoms with Crippen LogP contribution in [0.1, 0.15) is 18.0 Å². The minimum atomic E-state index is -0.185. The first-order valence-electron chi connectivity index (χ1n) is 4.90. The van der Waals surface area contributed by atoms with Gasteiger partial charge in [0.05, 0.1) is 0 Å². The summed E-state index contributed by atoms with van der Waals surface area (Å²) >= 11 is 0. The van der Waals surface area contributed by atoms with Gasteiger partial charge in [0.2, 0.25) is 0 Å². The summed E-state index contributed by atoms with van der Waals surface area (Å²) in [5.41, 5.74) is 6.97. The van der Waals surface area contributed by atoms with Gasteiger partial charge in [-0.05, 0) is 31.2 Å². The van der Waals surface area contributed by atoms with Gasteiger partial charge in [-0.3, -0.25) is 4.90 Å². The number of nitrogens with two attached hydrogens (primary N) is 1. The molecular weight excluding hydrogens is 179 g/mol. The summed E-state index contributed by atoms with van der Waals surface area (Å²) < 4.78 is 13.0. The van der Waals surface area contributed by atoms with Gasteiger partial charge in [0.15, 0.2) is 0 Å². The molecular formula is C11H15FN2.